The van der Waals surface area contributed by atoms with E-state index < -0.39 is 0 Å². The molecule has 0 aliphatic rings. The molecule has 1 rings (SSSR count). The van der Waals surface area contributed by atoms with E-state index in [-0.39, 0.29) is 0 Å². The summed E-state index contributed by atoms with van der Waals surface area (Å²) in [5.41, 5.74) is 2.39. The van der Waals surface area contributed by atoms with Crippen molar-refractivity contribution in [3.05, 3.63) is 17.5 Å². The van der Waals surface area contributed by atoms with Crippen LogP contribution >= 0.6 is 0 Å². The maximum absolute atomic E-state index is 4.21. The van der Waals surface area contributed by atoms with Gasteiger partial charge in [-0.05, 0) is 17.9 Å². The van der Waals surface area contributed by atoms with Crippen LogP contribution in [0.5, 0.6) is 0 Å². The summed E-state index contributed by atoms with van der Waals surface area (Å²) in [5.74, 6) is 1.08. The van der Waals surface area contributed by atoms with Crippen molar-refractivity contribution in [2.75, 3.05) is 0 Å². The van der Waals surface area contributed by atoms with Crippen LogP contribution in [0.25, 0.3) is 0 Å². The normalized spacial score (nSPS) is 10.2. The summed E-state index contributed by atoms with van der Waals surface area (Å²) in [6.07, 6.45) is 0. The molecule has 0 amide bonds. The Morgan fingerprint density at radius 1 is 1.08 bits per heavy atom. The van der Waals surface area contributed by atoms with Gasteiger partial charge in [-0.25, -0.2) is 0 Å². The van der Waals surface area contributed by atoms with Crippen LogP contribution in [-0.4, -0.2) is 10.2 Å². The lowest BCUT2D eigenvalue weighted by Gasteiger charge is -1.97. The monoisotopic (exact) mass is 182 g/mol. The number of aromatic amines is 1. The molecular weight excluding hydrogens is 160 g/mol. The zero-order chi connectivity index (χ0) is 10.4. The molecule has 0 fully saturated rings. The van der Waals surface area contributed by atoms with E-state index in [1.165, 1.54) is 5.69 Å². The van der Waals surface area contributed by atoms with Gasteiger partial charge in [-0.2, -0.15) is 5.10 Å². The van der Waals surface area contributed by atoms with Crippen molar-refractivity contribution < 1.29 is 0 Å². The molecule has 1 N–H and O–H groups in total. The van der Waals surface area contributed by atoms with E-state index >= 15 is 0 Å². The molecule has 1 heterocycles. The predicted octanol–water partition coefficient (Wildman–Crippen LogP) is 3.68. The van der Waals surface area contributed by atoms with Crippen LogP contribution in [0.15, 0.2) is 6.07 Å². The summed E-state index contributed by atoms with van der Waals surface area (Å²) >= 11 is 0. The van der Waals surface area contributed by atoms with Crippen molar-refractivity contribution in [1.29, 1.82) is 0 Å². The highest BCUT2D eigenvalue weighted by molar-refractivity contribution is 5.14. The van der Waals surface area contributed by atoms with Crippen LogP contribution in [0.1, 0.15) is 64.8 Å². The third-order valence-corrected chi connectivity index (χ3v) is 1.83. The molecule has 1 aromatic heterocycles. The number of nitrogens with zero attached hydrogens (tertiary/aromatic N) is 1. The van der Waals surface area contributed by atoms with Crippen molar-refractivity contribution in [2.45, 2.75) is 53.4 Å². The van der Waals surface area contributed by atoms with Gasteiger partial charge < -0.3 is 0 Å². The second-order valence-electron chi connectivity index (χ2n) is 3.56. The number of hydrogen-bond donors (Lipinski definition) is 1. The lowest BCUT2D eigenvalue weighted by Crippen LogP contribution is -1.85. The van der Waals surface area contributed by atoms with Crippen LogP contribution in [0, 0.1) is 0 Å². The number of nitrogens with one attached hydrogen (secondary N) is 1. The molecule has 0 saturated heterocycles. The van der Waals surface area contributed by atoms with Crippen LogP contribution in [0.3, 0.4) is 0 Å². The van der Waals surface area contributed by atoms with Crippen molar-refractivity contribution in [3.63, 3.8) is 0 Å². The van der Waals surface area contributed by atoms with Gasteiger partial charge in [-0.1, -0.05) is 41.5 Å². The molecule has 0 aliphatic heterocycles. The van der Waals surface area contributed by atoms with Gasteiger partial charge in [-0.3, -0.25) is 5.10 Å². The molecule has 2 heteroatoms. The molecule has 0 saturated carbocycles. The van der Waals surface area contributed by atoms with Gasteiger partial charge in [0.25, 0.3) is 0 Å². The van der Waals surface area contributed by atoms with Crippen molar-refractivity contribution in [3.8, 4) is 0 Å². The number of H-pyrrole nitrogens is 1. The molecule has 0 bridgehead atoms. The highest BCUT2D eigenvalue weighted by Crippen LogP contribution is 2.17. The van der Waals surface area contributed by atoms with Gasteiger partial charge in [0.05, 0.1) is 5.69 Å². The summed E-state index contributed by atoms with van der Waals surface area (Å²) < 4.78 is 0. The van der Waals surface area contributed by atoms with E-state index in [2.05, 4.69) is 44.0 Å². The first kappa shape index (κ1) is 12.2. The Hall–Kier alpha value is -0.790. The maximum Gasteiger partial charge on any atom is 0.0650 e. The molecule has 0 aliphatic carbocycles. The van der Waals surface area contributed by atoms with E-state index in [1.807, 2.05) is 13.8 Å². The third-order valence-electron chi connectivity index (χ3n) is 1.83. The van der Waals surface area contributed by atoms with Gasteiger partial charge in [0.2, 0.25) is 0 Å². The summed E-state index contributed by atoms with van der Waals surface area (Å²) in [5, 5.41) is 7.25. The highest BCUT2D eigenvalue weighted by atomic mass is 15.1. The molecule has 0 atom stereocenters. The fourth-order valence-corrected chi connectivity index (χ4v) is 0.945. The van der Waals surface area contributed by atoms with Crippen molar-refractivity contribution in [2.24, 2.45) is 0 Å². The Labute approximate surface area is 81.8 Å². The van der Waals surface area contributed by atoms with E-state index in [9.17, 15) is 0 Å². The molecule has 1 aromatic rings. The molecule has 13 heavy (non-hydrogen) atoms. The Balaban J connectivity index is 0.000000671. The van der Waals surface area contributed by atoms with E-state index in [4.69, 9.17) is 0 Å². The molecular formula is C11H22N2. The number of hydrogen-bond acceptors (Lipinski definition) is 1. The van der Waals surface area contributed by atoms with Crippen LogP contribution in [0.4, 0.5) is 0 Å². The van der Waals surface area contributed by atoms with Gasteiger partial charge in [0, 0.05) is 5.69 Å². The Morgan fingerprint density at radius 2 is 1.62 bits per heavy atom. The quantitative estimate of drug-likeness (QED) is 0.742. The first-order valence-corrected chi connectivity index (χ1v) is 5.16. The Bertz CT molecular complexity index is 201. The summed E-state index contributed by atoms with van der Waals surface area (Å²) in [7, 11) is 0. The van der Waals surface area contributed by atoms with E-state index in [0.717, 1.165) is 5.69 Å². The second kappa shape index (κ2) is 5.79. The Kier molecular flexibility index (Phi) is 5.44. The van der Waals surface area contributed by atoms with Crippen molar-refractivity contribution in [1.82, 2.24) is 10.2 Å². The smallest absolute Gasteiger partial charge is 0.0650 e. The molecule has 2 nitrogen and oxygen atoms in total. The first-order valence-electron chi connectivity index (χ1n) is 5.16. The SMILES string of the molecule is CC.CC(C)c1cc(C(C)C)[nH]n1. The first-order chi connectivity index (χ1) is 6.11. The summed E-state index contributed by atoms with van der Waals surface area (Å²) in [6.45, 7) is 12.6. The summed E-state index contributed by atoms with van der Waals surface area (Å²) in [6, 6.07) is 2.15. The molecule has 0 radical (unpaired) electrons. The minimum atomic E-state index is 0.527. The molecule has 0 spiro atoms. The highest BCUT2D eigenvalue weighted by Gasteiger charge is 2.06. The number of rotatable bonds is 2. The minimum absolute atomic E-state index is 0.527. The fourth-order valence-electron chi connectivity index (χ4n) is 0.945. The standard InChI is InChI=1S/C9H16N2.C2H6/c1-6(2)8-5-9(7(3)4)11-10-8;1-2/h5-7H,1-4H3,(H,10,11);1-2H3. The Morgan fingerprint density at radius 3 is 1.85 bits per heavy atom. The zero-order valence-electron chi connectivity index (χ0n) is 9.68. The molecule has 0 aromatic carbocycles. The topological polar surface area (TPSA) is 28.7 Å². The van der Waals surface area contributed by atoms with Gasteiger partial charge >= 0.3 is 0 Å². The van der Waals surface area contributed by atoms with Gasteiger partial charge in [-0.15, -0.1) is 0 Å². The fraction of sp³-hybridized carbons (Fsp3) is 0.727. The minimum Gasteiger partial charge on any atom is -0.282 e. The summed E-state index contributed by atoms with van der Waals surface area (Å²) in [4.78, 5) is 0. The predicted molar refractivity (Wildman–Crippen MR) is 58.1 cm³/mol. The number of aromatic nitrogens is 2. The molecule has 0 unspecified atom stereocenters. The molecule has 76 valence electrons. The van der Waals surface area contributed by atoms with Crippen LogP contribution in [0.2, 0.25) is 0 Å². The average Bonchev–Trinajstić information content (AvgIpc) is 2.56. The van der Waals surface area contributed by atoms with Crippen LogP contribution in [-0.2, 0) is 0 Å². The van der Waals surface area contributed by atoms with Crippen molar-refractivity contribution >= 4 is 0 Å². The maximum atomic E-state index is 4.21. The zero-order valence-corrected chi connectivity index (χ0v) is 9.68. The van der Waals surface area contributed by atoms with E-state index in [1.54, 1.807) is 0 Å². The van der Waals surface area contributed by atoms with Gasteiger partial charge in [0.1, 0.15) is 0 Å². The lowest BCUT2D eigenvalue weighted by molar-refractivity contribution is 0.791. The third kappa shape index (κ3) is 3.62. The average molecular weight is 182 g/mol. The van der Waals surface area contributed by atoms with Crippen LogP contribution < -0.4 is 0 Å². The van der Waals surface area contributed by atoms with E-state index in [0.29, 0.717) is 11.8 Å². The second-order valence-corrected chi connectivity index (χ2v) is 3.56. The lowest BCUT2D eigenvalue weighted by atomic mass is 10.1. The largest absolute Gasteiger partial charge is 0.282 e. The van der Waals surface area contributed by atoms with Gasteiger partial charge in [0.15, 0.2) is 0 Å².